The molecule has 1 aromatic carbocycles. The van der Waals surface area contributed by atoms with Crippen LogP contribution in [0.5, 0.6) is 0 Å². The summed E-state index contributed by atoms with van der Waals surface area (Å²) in [6.07, 6.45) is 5.79. The van der Waals surface area contributed by atoms with Gasteiger partial charge in [0.2, 0.25) is 0 Å². The summed E-state index contributed by atoms with van der Waals surface area (Å²) < 4.78 is 5.60. The SMILES string of the molecule is CCCCC(CC)CC(C)OC(=O)c1ccc(N(C)C)cc1. The first kappa shape index (κ1) is 18.5. The quantitative estimate of drug-likeness (QED) is 0.607. The van der Waals surface area contributed by atoms with Gasteiger partial charge >= 0.3 is 5.97 Å². The van der Waals surface area contributed by atoms with E-state index in [1.54, 1.807) is 0 Å². The van der Waals surface area contributed by atoms with Crippen LogP contribution in [0.15, 0.2) is 24.3 Å². The molecule has 0 N–H and O–H groups in total. The van der Waals surface area contributed by atoms with Gasteiger partial charge in [0.25, 0.3) is 0 Å². The first-order valence-electron chi connectivity index (χ1n) is 8.46. The normalized spacial score (nSPS) is 13.5. The van der Waals surface area contributed by atoms with E-state index in [0.29, 0.717) is 11.5 Å². The number of rotatable bonds is 9. The highest BCUT2D eigenvalue weighted by atomic mass is 16.5. The monoisotopic (exact) mass is 305 g/mol. The fraction of sp³-hybridized carbons (Fsp3) is 0.632. The molecule has 22 heavy (non-hydrogen) atoms. The second-order valence-corrected chi connectivity index (χ2v) is 6.31. The largest absolute Gasteiger partial charge is 0.459 e. The molecule has 0 fully saturated rings. The van der Waals surface area contributed by atoms with Crippen molar-refractivity contribution in [1.29, 1.82) is 0 Å². The molecule has 3 heteroatoms. The lowest BCUT2D eigenvalue weighted by Crippen LogP contribution is -2.19. The Hall–Kier alpha value is -1.51. The molecule has 2 unspecified atom stereocenters. The van der Waals surface area contributed by atoms with Crippen LogP contribution in [0.3, 0.4) is 0 Å². The molecular formula is C19H31NO2. The van der Waals surface area contributed by atoms with E-state index in [2.05, 4.69) is 13.8 Å². The lowest BCUT2D eigenvalue weighted by molar-refractivity contribution is 0.0283. The second-order valence-electron chi connectivity index (χ2n) is 6.31. The van der Waals surface area contributed by atoms with Crippen molar-refractivity contribution in [3.05, 3.63) is 29.8 Å². The van der Waals surface area contributed by atoms with Gasteiger partial charge in [-0.15, -0.1) is 0 Å². The minimum absolute atomic E-state index is 0.0252. The van der Waals surface area contributed by atoms with Crippen molar-refractivity contribution in [1.82, 2.24) is 0 Å². The minimum Gasteiger partial charge on any atom is -0.459 e. The molecule has 0 aromatic heterocycles. The van der Waals surface area contributed by atoms with Gasteiger partial charge in [-0.3, -0.25) is 0 Å². The van der Waals surface area contributed by atoms with E-state index < -0.39 is 0 Å². The summed E-state index contributed by atoms with van der Waals surface area (Å²) in [7, 11) is 3.97. The first-order chi connectivity index (χ1) is 10.5. The third-order valence-electron chi connectivity index (χ3n) is 4.14. The van der Waals surface area contributed by atoms with Crippen LogP contribution in [0.1, 0.15) is 63.2 Å². The summed E-state index contributed by atoms with van der Waals surface area (Å²) >= 11 is 0. The van der Waals surface area contributed by atoms with E-state index in [1.165, 1.54) is 19.3 Å². The molecule has 1 rings (SSSR count). The maximum absolute atomic E-state index is 12.2. The lowest BCUT2D eigenvalue weighted by atomic mass is 9.93. The molecule has 0 amide bonds. The predicted molar refractivity (Wildman–Crippen MR) is 93.6 cm³/mol. The zero-order valence-electron chi connectivity index (χ0n) is 14.8. The maximum atomic E-state index is 12.2. The Morgan fingerprint density at radius 3 is 2.32 bits per heavy atom. The second kappa shape index (κ2) is 9.50. The van der Waals surface area contributed by atoms with Crippen LogP contribution in [-0.2, 0) is 4.74 Å². The van der Waals surface area contributed by atoms with Crippen molar-refractivity contribution in [3.63, 3.8) is 0 Å². The highest BCUT2D eigenvalue weighted by molar-refractivity contribution is 5.89. The molecule has 0 bridgehead atoms. The highest BCUT2D eigenvalue weighted by Crippen LogP contribution is 2.21. The third-order valence-corrected chi connectivity index (χ3v) is 4.14. The molecule has 0 spiro atoms. The van der Waals surface area contributed by atoms with Crippen LogP contribution < -0.4 is 4.90 Å². The number of anilines is 1. The Kier molecular flexibility index (Phi) is 8.00. The summed E-state index contributed by atoms with van der Waals surface area (Å²) in [6.45, 7) is 6.43. The number of hydrogen-bond acceptors (Lipinski definition) is 3. The predicted octanol–water partition coefficient (Wildman–Crippen LogP) is 4.90. The molecule has 1 aromatic rings. The number of carbonyl (C=O) groups excluding carboxylic acids is 1. The van der Waals surface area contributed by atoms with Gasteiger partial charge in [-0.1, -0.05) is 39.5 Å². The van der Waals surface area contributed by atoms with E-state index >= 15 is 0 Å². The number of unbranched alkanes of at least 4 members (excludes halogenated alkanes) is 1. The highest BCUT2D eigenvalue weighted by Gasteiger charge is 2.16. The summed E-state index contributed by atoms with van der Waals surface area (Å²) in [6, 6.07) is 7.55. The summed E-state index contributed by atoms with van der Waals surface area (Å²) in [5, 5.41) is 0. The van der Waals surface area contributed by atoms with Crippen LogP contribution in [0.25, 0.3) is 0 Å². The van der Waals surface area contributed by atoms with Crippen LogP contribution in [0.4, 0.5) is 5.69 Å². The number of hydrogen-bond donors (Lipinski definition) is 0. The van der Waals surface area contributed by atoms with Crippen molar-refractivity contribution in [2.45, 2.75) is 59.0 Å². The Bertz CT molecular complexity index is 439. The first-order valence-corrected chi connectivity index (χ1v) is 8.46. The number of carbonyl (C=O) groups is 1. The average Bonchev–Trinajstić information content (AvgIpc) is 2.51. The van der Waals surface area contributed by atoms with E-state index in [1.807, 2.05) is 50.2 Å². The Balaban J connectivity index is 2.52. The molecule has 0 saturated carbocycles. The standard InChI is InChI=1S/C19H31NO2/c1-6-8-9-16(7-2)14-15(3)22-19(21)17-10-12-18(13-11-17)20(4)5/h10-13,15-16H,6-9,14H2,1-5H3. The van der Waals surface area contributed by atoms with Crippen molar-refractivity contribution >= 4 is 11.7 Å². The molecule has 124 valence electrons. The Labute approximate surface area is 135 Å². The van der Waals surface area contributed by atoms with Crippen molar-refractivity contribution in [2.24, 2.45) is 5.92 Å². The number of ether oxygens (including phenoxy) is 1. The van der Waals surface area contributed by atoms with Gasteiger partial charge in [0.1, 0.15) is 0 Å². The zero-order valence-corrected chi connectivity index (χ0v) is 14.8. The summed E-state index contributed by atoms with van der Waals surface area (Å²) in [5.41, 5.74) is 1.70. The number of esters is 1. The average molecular weight is 305 g/mol. The van der Waals surface area contributed by atoms with Gasteiger partial charge < -0.3 is 9.64 Å². The smallest absolute Gasteiger partial charge is 0.338 e. The molecule has 0 aliphatic heterocycles. The molecule has 0 aliphatic rings. The van der Waals surface area contributed by atoms with Gasteiger partial charge in [0.05, 0.1) is 11.7 Å². The Morgan fingerprint density at radius 2 is 1.82 bits per heavy atom. The molecule has 0 radical (unpaired) electrons. The van der Waals surface area contributed by atoms with E-state index in [4.69, 9.17) is 4.74 Å². The zero-order chi connectivity index (χ0) is 16.5. The van der Waals surface area contributed by atoms with Gasteiger partial charge in [0.15, 0.2) is 0 Å². The van der Waals surface area contributed by atoms with Gasteiger partial charge in [-0.2, -0.15) is 0 Å². The van der Waals surface area contributed by atoms with Crippen molar-refractivity contribution in [3.8, 4) is 0 Å². The lowest BCUT2D eigenvalue weighted by Gasteiger charge is -2.20. The maximum Gasteiger partial charge on any atom is 0.338 e. The molecule has 0 aliphatic carbocycles. The molecular weight excluding hydrogens is 274 g/mol. The van der Waals surface area contributed by atoms with E-state index in [9.17, 15) is 4.79 Å². The fourth-order valence-electron chi connectivity index (χ4n) is 2.65. The summed E-state index contributed by atoms with van der Waals surface area (Å²) in [4.78, 5) is 14.2. The third kappa shape index (κ3) is 6.08. The number of benzene rings is 1. The van der Waals surface area contributed by atoms with Crippen LogP contribution in [0, 0.1) is 5.92 Å². The van der Waals surface area contributed by atoms with Crippen LogP contribution in [0.2, 0.25) is 0 Å². The van der Waals surface area contributed by atoms with Gasteiger partial charge in [-0.25, -0.2) is 4.79 Å². The molecule has 2 atom stereocenters. The molecule has 0 heterocycles. The molecule has 3 nitrogen and oxygen atoms in total. The fourth-order valence-corrected chi connectivity index (χ4v) is 2.65. The van der Waals surface area contributed by atoms with Crippen LogP contribution >= 0.6 is 0 Å². The van der Waals surface area contributed by atoms with E-state index in [-0.39, 0.29) is 12.1 Å². The minimum atomic E-state index is -0.219. The van der Waals surface area contributed by atoms with Crippen molar-refractivity contribution in [2.75, 3.05) is 19.0 Å². The topological polar surface area (TPSA) is 29.5 Å². The number of nitrogens with zero attached hydrogens (tertiary/aromatic N) is 1. The van der Waals surface area contributed by atoms with Gasteiger partial charge in [-0.05, 0) is 43.5 Å². The van der Waals surface area contributed by atoms with E-state index in [0.717, 1.165) is 18.5 Å². The van der Waals surface area contributed by atoms with Crippen molar-refractivity contribution < 1.29 is 9.53 Å². The molecule has 0 saturated heterocycles. The Morgan fingerprint density at radius 1 is 1.18 bits per heavy atom. The summed E-state index contributed by atoms with van der Waals surface area (Å²) in [5.74, 6) is 0.432. The van der Waals surface area contributed by atoms with Crippen LogP contribution in [-0.4, -0.2) is 26.2 Å². The van der Waals surface area contributed by atoms with Gasteiger partial charge in [0, 0.05) is 19.8 Å².